The van der Waals surface area contributed by atoms with Gasteiger partial charge in [0.1, 0.15) is 5.75 Å². The summed E-state index contributed by atoms with van der Waals surface area (Å²) in [4.78, 5) is 36.7. The number of hydrazine groups is 1. The van der Waals surface area contributed by atoms with Gasteiger partial charge in [0, 0.05) is 23.9 Å². The number of benzene rings is 2. The maximum Gasteiger partial charge on any atom is 0.261 e. The lowest BCUT2D eigenvalue weighted by atomic mass is 10.2. The lowest BCUT2D eigenvalue weighted by molar-refractivity contribution is -0.126. The first kappa shape index (κ1) is 28.3. The van der Waals surface area contributed by atoms with Crippen molar-refractivity contribution >= 4 is 51.0 Å². The number of thiocarbonyl (C=S) groups is 1. The largest absolute Gasteiger partial charge is 0.493 e. The molecule has 0 aromatic heterocycles. The fourth-order valence-electron chi connectivity index (χ4n) is 3.02. The zero-order chi connectivity index (χ0) is 25.5. The molecule has 0 aliphatic heterocycles. The molecule has 0 aliphatic rings. The number of hydrogen-bond acceptors (Lipinski definition) is 5. The van der Waals surface area contributed by atoms with Crippen LogP contribution in [0.2, 0.25) is 0 Å². The van der Waals surface area contributed by atoms with Crippen LogP contribution in [0.1, 0.15) is 61.4 Å². The van der Waals surface area contributed by atoms with Gasteiger partial charge < -0.3 is 10.1 Å². The summed E-state index contributed by atoms with van der Waals surface area (Å²) in [5, 5.41) is 5.20. The molecule has 0 radical (unpaired) electrons. The van der Waals surface area contributed by atoms with E-state index in [0.29, 0.717) is 24.5 Å². The van der Waals surface area contributed by atoms with Crippen LogP contribution in [0.4, 0.5) is 0 Å². The number of carbonyl (C=O) groups excluding carboxylic acids is 3. The summed E-state index contributed by atoms with van der Waals surface area (Å²) in [6.07, 6.45) is 4.23. The van der Waals surface area contributed by atoms with Crippen molar-refractivity contribution < 1.29 is 19.1 Å². The molecule has 0 saturated heterocycles. The Bertz CT molecular complexity index is 1000. The number of nitrogens with one attached hydrogen (secondary N) is 4. The Morgan fingerprint density at radius 3 is 2.43 bits per heavy atom. The van der Waals surface area contributed by atoms with E-state index >= 15 is 0 Å². The molecule has 2 rings (SSSR count). The summed E-state index contributed by atoms with van der Waals surface area (Å²) in [5.74, 6) is -0.691. The number of hydrogen-bond donors (Lipinski definition) is 4. The molecule has 188 valence electrons. The van der Waals surface area contributed by atoms with Crippen LogP contribution in [-0.4, -0.2) is 29.4 Å². The van der Waals surface area contributed by atoms with Crippen LogP contribution in [0.15, 0.2) is 53.0 Å². The average Bonchev–Trinajstić information content (AvgIpc) is 2.86. The van der Waals surface area contributed by atoms with Crippen molar-refractivity contribution in [3.63, 3.8) is 0 Å². The normalized spacial score (nSPS) is 10.2. The van der Waals surface area contributed by atoms with Gasteiger partial charge >= 0.3 is 0 Å². The van der Waals surface area contributed by atoms with Crippen LogP contribution in [-0.2, 0) is 16.1 Å². The van der Waals surface area contributed by atoms with Crippen molar-refractivity contribution in [2.75, 3.05) is 6.61 Å². The van der Waals surface area contributed by atoms with E-state index in [9.17, 15) is 14.4 Å². The summed E-state index contributed by atoms with van der Waals surface area (Å²) >= 11 is 8.46. The molecule has 0 heterocycles. The van der Waals surface area contributed by atoms with Gasteiger partial charge in [-0.1, -0.05) is 72.4 Å². The van der Waals surface area contributed by atoms with E-state index in [0.717, 1.165) is 35.7 Å². The fourth-order valence-corrected chi connectivity index (χ4v) is 3.52. The van der Waals surface area contributed by atoms with Crippen LogP contribution in [0.5, 0.6) is 5.75 Å². The highest BCUT2D eigenvalue weighted by atomic mass is 79.9. The Balaban J connectivity index is 1.73. The Morgan fingerprint density at radius 1 is 0.943 bits per heavy atom. The van der Waals surface area contributed by atoms with Gasteiger partial charge in [-0.2, -0.15) is 0 Å². The minimum absolute atomic E-state index is 0.0243. The molecule has 2 aromatic carbocycles. The van der Waals surface area contributed by atoms with E-state index in [1.54, 1.807) is 18.2 Å². The van der Waals surface area contributed by atoms with Gasteiger partial charge in [0.05, 0.1) is 12.2 Å². The quantitative estimate of drug-likeness (QED) is 0.176. The van der Waals surface area contributed by atoms with E-state index < -0.39 is 11.8 Å². The second kappa shape index (κ2) is 15.8. The minimum atomic E-state index is -0.470. The van der Waals surface area contributed by atoms with Gasteiger partial charge in [-0.15, -0.1) is 0 Å². The standard InChI is InChI=1S/C25H31BrN4O4S/c1-2-3-4-8-15-34-21-12-11-19(26)16-20(21)24(33)28-25(35)30-29-23(32)14-13-22(31)27-17-18-9-6-5-7-10-18/h5-7,9-12,16H,2-4,8,13-15,17H2,1H3,(H,27,31)(H,29,32)(H2,28,30,33,35). The van der Waals surface area contributed by atoms with E-state index in [-0.39, 0.29) is 23.9 Å². The molecular weight excluding hydrogens is 532 g/mol. The van der Waals surface area contributed by atoms with Crippen molar-refractivity contribution in [3.8, 4) is 5.75 Å². The number of ether oxygens (including phenoxy) is 1. The Hall–Kier alpha value is -2.98. The molecule has 4 N–H and O–H groups in total. The van der Waals surface area contributed by atoms with Gasteiger partial charge in [-0.25, -0.2) is 0 Å². The van der Waals surface area contributed by atoms with E-state index in [1.165, 1.54) is 0 Å². The maximum atomic E-state index is 12.7. The van der Waals surface area contributed by atoms with E-state index in [4.69, 9.17) is 17.0 Å². The van der Waals surface area contributed by atoms with Gasteiger partial charge in [-0.05, 0) is 42.4 Å². The lowest BCUT2D eigenvalue weighted by Gasteiger charge is -2.14. The molecule has 0 aliphatic carbocycles. The third kappa shape index (κ3) is 11.3. The fraction of sp³-hybridized carbons (Fsp3) is 0.360. The van der Waals surface area contributed by atoms with Crippen molar-refractivity contribution in [1.29, 1.82) is 0 Å². The molecule has 0 bridgehead atoms. The molecule has 10 heteroatoms. The highest BCUT2D eigenvalue weighted by Crippen LogP contribution is 2.23. The maximum absolute atomic E-state index is 12.7. The number of unbranched alkanes of at least 4 members (excludes halogenated alkanes) is 3. The minimum Gasteiger partial charge on any atom is -0.493 e. The van der Waals surface area contributed by atoms with E-state index in [1.807, 2.05) is 30.3 Å². The molecule has 0 unspecified atom stereocenters. The topological polar surface area (TPSA) is 109 Å². The van der Waals surface area contributed by atoms with Gasteiger partial charge in [0.15, 0.2) is 5.11 Å². The molecule has 0 spiro atoms. The summed E-state index contributed by atoms with van der Waals surface area (Å²) < 4.78 is 6.51. The van der Waals surface area contributed by atoms with Crippen LogP contribution in [0.3, 0.4) is 0 Å². The Kier molecular flexibility index (Phi) is 12.8. The molecular formula is C25H31BrN4O4S. The molecule has 2 aromatic rings. The number of carbonyl (C=O) groups is 3. The highest BCUT2D eigenvalue weighted by molar-refractivity contribution is 9.10. The first-order valence-electron chi connectivity index (χ1n) is 11.5. The van der Waals surface area contributed by atoms with Gasteiger partial charge in [-0.3, -0.25) is 30.6 Å². The third-order valence-electron chi connectivity index (χ3n) is 4.90. The van der Waals surface area contributed by atoms with Crippen LogP contribution in [0, 0.1) is 0 Å². The Morgan fingerprint density at radius 2 is 1.69 bits per heavy atom. The average molecular weight is 564 g/mol. The zero-order valence-corrected chi connectivity index (χ0v) is 22.1. The zero-order valence-electron chi connectivity index (χ0n) is 19.7. The second-order valence-electron chi connectivity index (χ2n) is 7.77. The van der Waals surface area contributed by atoms with Crippen LogP contribution >= 0.6 is 28.1 Å². The molecule has 8 nitrogen and oxygen atoms in total. The summed E-state index contributed by atoms with van der Waals surface area (Å²) in [5.41, 5.74) is 6.16. The van der Waals surface area contributed by atoms with Crippen molar-refractivity contribution in [2.45, 2.75) is 52.0 Å². The Labute approximate surface area is 219 Å². The van der Waals surface area contributed by atoms with Crippen LogP contribution in [0.25, 0.3) is 0 Å². The predicted molar refractivity (Wildman–Crippen MR) is 143 cm³/mol. The molecule has 3 amide bonds. The first-order chi connectivity index (χ1) is 16.9. The van der Waals surface area contributed by atoms with Gasteiger partial charge in [0.25, 0.3) is 5.91 Å². The summed E-state index contributed by atoms with van der Waals surface area (Å²) in [7, 11) is 0. The van der Waals surface area contributed by atoms with Crippen molar-refractivity contribution in [3.05, 3.63) is 64.1 Å². The molecule has 0 atom stereocenters. The van der Waals surface area contributed by atoms with E-state index in [2.05, 4.69) is 44.3 Å². The third-order valence-corrected chi connectivity index (χ3v) is 5.59. The number of amides is 3. The SMILES string of the molecule is CCCCCCOc1ccc(Br)cc1C(=O)NC(=S)NNC(=O)CCC(=O)NCc1ccccc1. The monoisotopic (exact) mass is 562 g/mol. The van der Waals surface area contributed by atoms with Gasteiger partial charge in [0.2, 0.25) is 11.8 Å². The number of rotatable bonds is 12. The highest BCUT2D eigenvalue weighted by Gasteiger charge is 2.15. The summed E-state index contributed by atoms with van der Waals surface area (Å²) in [6.45, 7) is 3.05. The smallest absolute Gasteiger partial charge is 0.261 e. The summed E-state index contributed by atoms with van der Waals surface area (Å²) in [6, 6.07) is 14.7. The molecule has 0 saturated carbocycles. The molecule has 0 fully saturated rings. The number of halogens is 1. The first-order valence-corrected chi connectivity index (χ1v) is 12.7. The van der Waals surface area contributed by atoms with Crippen molar-refractivity contribution in [2.24, 2.45) is 0 Å². The lowest BCUT2D eigenvalue weighted by Crippen LogP contribution is -2.48. The second-order valence-corrected chi connectivity index (χ2v) is 9.09. The van der Waals surface area contributed by atoms with Crippen molar-refractivity contribution in [1.82, 2.24) is 21.5 Å². The molecule has 35 heavy (non-hydrogen) atoms. The predicted octanol–water partition coefficient (Wildman–Crippen LogP) is 4.14. The van der Waals surface area contributed by atoms with Crippen LogP contribution < -0.4 is 26.2 Å².